The molecule has 154 valence electrons. The average molecular weight is 429 g/mol. The van der Waals surface area contributed by atoms with E-state index in [0.29, 0.717) is 17.2 Å². The van der Waals surface area contributed by atoms with Crippen molar-refractivity contribution in [2.45, 2.75) is 52.4 Å². The van der Waals surface area contributed by atoms with Gasteiger partial charge in [0, 0.05) is 35.6 Å². The van der Waals surface area contributed by atoms with E-state index in [2.05, 4.69) is 15.7 Å². The molecule has 0 unspecified atom stereocenters. The van der Waals surface area contributed by atoms with Crippen LogP contribution in [-0.4, -0.2) is 23.2 Å². The number of carbonyl (C=O) groups excluding carboxylic acids is 1. The van der Waals surface area contributed by atoms with Crippen LogP contribution in [0.1, 0.15) is 66.4 Å². The summed E-state index contributed by atoms with van der Waals surface area (Å²) in [6.45, 7) is 5.56. The van der Waals surface area contributed by atoms with Crippen molar-refractivity contribution >= 4 is 39.2 Å². The largest absolute Gasteiger partial charge is 0.318 e. The van der Waals surface area contributed by atoms with Crippen LogP contribution in [-0.2, 0) is 0 Å². The van der Waals surface area contributed by atoms with Crippen LogP contribution in [0.5, 0.6) is 0 Å². The molecule has 0 spiro atoms. The SMILES string of the molecule is CCNSC(=O)c1nc(N(CC2CCCCCC2)c2ccc(C#N)cc2)sc1C. The Balaban J connectivity index is 1.89. The molecule has 0 atom stereocenters. The van der Waals surface area contributed by atoms with Gasteiger partial charge in [0.1, 0.15) is 5.69 Å². The van der Waals surface area contributed by atoms with Gasteiger partial charge in [-0.1, -0.05) is 32.6 Å². The predicted octanol–water partition coefficient (Wildman–Crippen LogP) is 5.83. The van der Waals surface area contributed by atoms with E-state index in [-0.39, 0.29) is 5.12 Å². The van der Waals surface area contributed by atoms with Crippen molar-refractivity contribution in [1.29, 1.82) is 5.26 Å². The molecule has 1 heterocycles. The predicted molar refractivity (Wildman–Crippen MR) is 122 cm³/mol. The van der Waals surface area contributed by atoms with Crippen molar-refractivity contribution in [3.8, 4) is 6.07 Å². The van der Waals surface area contributed by atoms with Crippen molar-refractivity contribution in [2.24, 2.45) is 5.92 Å². The fourth-order valence-electron chi connectivity index (χ4n) is 3.69. The summed E-state index contributed by atoms with van der Waals surface area (Å²) in [5.41, 5.74) is 2.21. The van der Waals surface area contributed by atoms with E-state index in [4.69, 9.17) is 10.2 Å². The summed E-state index contributed by atoms with van der Waals surface area (Å²) in [7, 11) is 0. The minimum atomic E-state index is -0.0407. The topological polar surface area (TPSA) is 69.0 Å². The lowest BCUT2D eigenvalue weighted by Crippen LogP contribution is -2.25. The zero-order valence-corrected chi connectivity index (χ0v) is 18.7. The number of aryl methyl sites for hydroxylation is 1. The van der Waals surface area contributed by atoms with Crippen molar-refractivity contribution in [2.75, 3.05) is 18.0 Å². The average Bonchev–Trinajstić information content (AvgIpc) is 2.95. The third-order valence-electron chi connectivity index (χ3n) is 5.24. The van der Waals surface area contributed by atoms with Crippen LogP contribution in [0.4, 0.5) is 10.8 Å². The Morgan fingerprint density at radius 2 is 1.97 bits per heavy atom. The molecule has 1 aliphatic carbocycles. The lowest BCUT2D eigenvalue weighted by Gasteiger charge is -2.27. The quantitative estimate of drug-likeness (QED) is 0.442. The number of nitrogens with zero attached hydrogens (tertiary/aromatic N) is 3. The molecular weight excluding hydrogens is 400 g/mol. The van der Waals surface area contributed by atoms with Crippen LogP contribution in [0.15, 0.2) is 24.3 Å². The Labute approximate surface area is 181 Å². The minimum Gasteiger partial charge on any atom is -0.318 e. The molecule has 3 rings (SSSR count). The number of aromatic nitrogens is 1. The minimum absolute atomic E-state index is 0.0407. The zero-order chi connectivity index (χ0) is 20.6. The van der Waals surface area contributed by atoms with Crippen LogP contribution in [0.2, 0.25) is 0 Å². The fraction of sp³-hybridized carbons (Fsp3) is 0.500. The molecule has 1 aliphatic rings. The van der Waals surface area contributed by atoms with Crippen LogP contribution < -0.4 is 9.62 Å². The molecule has 1 aromatic carbocycles. The summed E-state index contributed by atoms with van der Waals surface area (Å²) in [5, 5.41) is 9.95. The Morgan fingerprint density at radius 1 is 1.28 bits per heavy atom. The summed E-state index contributed by atoms with van der Waals surface area (Å²) >= 11 is 2.68. The first-order valence-electron chi connectivity index (χ1n) is 10.3. The maximum Gasteiger partial charge on any atom is 0.253 e. The van der Waals surface area contributed by atoms with Crippen LogP contribution in [0.25, 0.3) is 0 Å². The molecule has 29 heavy (non-hydrogen) atoms. The summed E-state index contributed by atoms with van der Waals surface area (Å²) in [4.78, 5) is 20.4. The highest BCUT2D eigenvalue weighted by Gasteiger charge is 2.23. The van der Waals surface area contributed by atoms with E-state index < -0.39 is 0 Å². The third kappa shape index (κ3) is 5.81. The molecule has 1 aromatic heterocycles. The summed E-state index contributed by atoms with van der Waals surface area (Å²) in [5.74, 6) is 0.618. The summed E-state index contributed by atoms with van der Waals surface area (Å²) in [6, 6.07) is 9.86. The number of hydrogen-bond donors (Lipinski definition) is 1. The molecule has 2 aromatic rings. The van der Waals surface area contributed by atoms with Gasteiger partial charge < -0.3 is 4.90 Å². The first-order valence-corrected chi connectivity index (χ1v) is 11.9. The lowest BCUT2D eigenvalue weighted by atomic mass is 9.99. The van der Waals surface area contributed by atoms with E-state index in [1.165, 1.54) is 38.5 Å². The van der Waals surface area contributed by atoms with Gasteiger partial charge >= 0.3 is 0 Å². The van der Waals surface area contributed by atoms with E-state index in [9.17, 15) is 4.79 Å². The Hall–Kier alpha value is -1.88. The van der Waals surface area contributed by atoms with Crippen LogP contribution >= 0.6 is 23.3 Å². The highest BCUT2D eigenvalue weighted by molar-refractivity contribution is 8.12. The fourth-order valence-corrected chi connectivity index (χ4v) is 5.26. The summed E-state index contributed by atoms with van der Waals surface area (Å²) < 4.78 is 3.02. The van der Waals surface area contributed by atoms with Crippen molar-refractivity contribution < 1.29 is 4.79 Å². The van der Waals surface area contributed by atoms with Gasteiger partial charge in [-0.15, -0.1) is 11.3 Å². The highest BCUT2D eigenvalue weighted by atomic mass is 32.2. The van der Waals surface area contributed by atoms with Crippen molar-refractivity contribution in [3.05, 3.63) is 40.4 Å². The Kier molecular flexibility index (Phi) is 8.10. The van der Waals surface area contributed by atoms with Gasteiger partial charge in [0.25, 0.3) is 5.12 Å². The Bertz CT molecular complexity index is 849. The molecule has 0 radical (unpaired) electrons. The number of benzene rings is 1. The normalized spacial score (nSPS) is 14.9. The monoisotopic (exact) mass is 428 g/mol. The molecule has 0 amide bonds. The number of rotatable bonds is 7. The maximum atomic E-state index is 12.5. The second-order valence-corrected chi connectivity index (χ2v) is 9.46. The number of thiazole rings is 1. The number of carbonyl (C=O) groups is 1. The first-order chi connectivity index (χ1) is 14.1. The highest BCUT2D eigenvalue weighted by Crippen LogP contribution is 2.35. The van der Waals surface area contributed by atoms with Gasteiger partial charge in [-0.2, -0.15) is 5.26 Å². The van der Waals surface area contributed by atoms with Crippen LogP contribution in [0, 0.1) is 24.2 Å². The standard InChI is InChI=1S/C22H28N4OS2/c1-3-24-29-21(27)20-16(2)28-22(25-20)26(15-18-8-6-4-5-7-9-18)19-12-10-17(14-23)11-13-19/h10-13,18,24H,3-9,15H2,1-2H3. The van der Waals surface area contributed by atoms with Gasteiger partial charge in [-0.05, 0) is 49.9 Å². The van der Waals surface area contributed by atoms with Crippen LogP contribution in [0.3, 0.4) is 0 Å². The second-order valence-electron chi connectivity index (χ2n) is 7.42. The number of nitrogens with one attached hydrogen (secondary N) is 1. The van der Waals surface area contributed by atoms with E-state index in [0.717, 1.165) is 40.7 Å². The van der Waals surface area contributed by atoms with Crippen molar-refractivity contribution in [1.82, 2.24) is 9.71 Å². The van der Waals surface area contributed by atoms with Gasteiger partial charge in [-0.25, -0.2) is 4.98 Å². The molecule has 0 aliphatic heterocycles. The first kappa shape index (κ1) is 21.8. The molecule has 5 nitrogen and oxygen atoms in total. The van der Waals surface area contributed by atoms with Gasteiger partial charge in [0.2, 0.25) is 0 Å². The van der Waals surface area contributed by atoms with E-state index in [1.807, 2.05) is 38.1 Å². The second kappa shape index (κ2) is 10.8. The van der Waals surface area contributed by atoms with Gasteiger partial charge in [0.05, 0.1) is 11.6 Å². The molecule has 7 heteroatoms. The number of anilines is 2. The molecule has 1 N–H and O–H groups in total. The molecule has 1 saturated carbocycles. The zero-order valence-electron chi connectivity index (χ0n) is 17.1. The number of nitriles is 1. The molecule has 1 fully saturated rings. The van der Waals surface area contributed by atoms with E-state index in [1.54, 1.807) is 11.3 Å². The summed E-state index contributed by atoms with van der Waals surface area (Å²) in [6.07, 6.45) is 7.68. The molecule has 0 saturated heterocycles. The third-order valence-corrected chi connectivity index (χ3v) is 7.05. The number of hydrogen-bond acceptors (Lipinski definition) is 7. The van der Waals surface area contributed by atoms with E-state index >= 15 is 0 Å². The molecule has 0 bridgehead atoms. The Morgan fingerprint density at radius 3 is 2.59 bits per heavy atom. The van der Waals surface area contributed by atoms with Gasteiger partial charge in [-0.3, -0.25) is 9.52 Å². The van der Waals surface area contributed by atoms with Crippen molar-refractivity contribution in [3.63, 3.8) is 0 Å². The maximum absolute atomic E-state index is 12.5. The van der Waals surface area contributed by atoms with Gasteiger partial charge in [0.15, 0.2) is 5.13 Å². The molecular formula is C22H28N4OS2. The smallest absolute Gasteiger partial charge is 0.253 e. The lowest BCUT2D eigenvalue weighted by molar-refractivity contribution is 0.108.